The Morgan fingerprint density at radius 1 is 1.19 bits per heavy atom. The van der Waals surface area contributed by atoms with Gasteiger partial charge in [0.25, 0.3) is 5.56 Å². The SMILES string of the molecule is N#CCSc1nc(CCc2ccccc2)c(C#N)c(=O)[nH]1. The third kappa shape index (κ3) is 3.95. The van der Waals surface area contributed by atoms with E-state index >= 15 is 0 Å². The number of aromatic nitrogens is 2. The Kier molecular flexibility index (Phi) is 5.14. The molecule has 0 aliphatic carbocycles. The van der Waals surface area contributed by atoms with Crippen molar-refractivity contribution in [2.75, 3.05) is 5.75 Å². The van der Waals surface area contributed by atoms with Crippen LogP contribution in [0.2, 0.25) is 0 Å². The number of nitriles is 2. The molecule has 2 rings (SSSR count). The van der Waals surface area contributed by atoms with Crippen molar-refractivity contribution in [1.82, 2.24) is 9.97 Å². The van der Waals surface area contributed by atoms with Crippen LogP contribution in [0.15, 0.2) is 40.3 Å². The first kappa shape index (κ1) is 14.8. The molecule has 5 nitrogen and oxygen atoms in total. The van der Waals surface area contributed by atoms with Crippen LogP contribution in [0.1, 0.15) is 16.8 Å². The van der Waals surface area contributed by atoms with E-state index in [2.05, 4.69) is 9.97 Å². The fraction of sp³-hybridized carbons (Fsp3) is 0.200. The summed E-state index contributed by atoms with van der Waals surface area (Å²) in [7, 11) is 0. The molecule has 1 aromatic heterocycles. The molecule has 1 aromatic carbocycles. The zero-order valence-corrected chi connectivity index (χ0v) is 12.0. The maximum atomic E-state index is 11.9. The van der Waals surface area contributed by atoms with Crippen molar-refractivity contribution in [3.8, 4) is 12.1 Å². The number of benzene rings is 1. The number of hydrogen-bond acceptors (Lipinski definition) is 5. The molecule has 1 heterocycles. The number of hydrogen-bond donors (Lipinski definition) is 1. The molecule has 6 heteroatoms. The zero-order chi connectivity index (χ0) is 15.1. The van der Waals surface area contributed by atoms with Gasteiger partial charge in [0, 0.05) is 0 Å². The van der Waals surface area contributed by atoms with Crippen LogP contribution in [0.5, 0.6) is 0 Å². The molecule has 0 aliphatic rings. The van der Waals surface area contributed by atoms with E-state index in [1.165, 1.54) is 0 Å². The quantitative estimate of drug-likeness (QED) is 0.673. The van der Waals surface area contributed by atoms with E-state index in [1.54, 1.807) is 0 Å². The summed E-state index contributed by atoms with van der Waals surface area (Å²) in [4.78, 5) is 18.7. The minimum Gasteiger partial charge on any atom is -0.300 e. The fourth-order valence-electron chi connectivity index (χ4n) is 1.87. The van der Waals surface area contributed by atoms with E-state index in [0.29, 0.717) is 23.7 Å². The van der Waals surface area contributed by atoms with Gasteiger partial charge in [0.1, 0.15) is 11.6 Å². The highest BCUT2D eigenvalue weighted by atomic mass is 32.2. The third-order valence-electron chi connectivity index (χ3n) is 2.85. The van der Waals surface area contributed by atoms with Crippen LogP contribution in [0.25, 0.3) is 0 Å². The molecular weight excluding hydrogens is 284 g/mol. The Morgan fingerprint density at radius 2 is 1.95 bits per heavy atom. The normalized spacial score (nSPS) is 9.81. The number of rotatable bonds is 5. The molecule has 0 saturated carbocycles. The first-order chi connectivity index (χ1) is 10.2. The maximum Gasteiger partial charge on any atom is 0.269 e. The lowest BCUT2D eigenvalue weighted by molar-refractivity contribution is 0.824. The number of aromatic amines is 1. The van der Waals surface area contributed by atoms with E-state index in [-0.39, 0.29) is 11.3 Å². The Labute approximate surface area is 126 Å². The van der Waals surface area contributed by atoms with Crippen molar-refractivity contribution in [2.45, 2.75) is 18.0 Å². The number of nitrogens with one attached hydrogen (secondary N) is 1. The zero-order valence-electron chi connectivity index (χ0n) is 11.2. The van der Waals surface area contributed by atoms with E-state index in [4.69, 9.17) is 10.5 Å². The molecule has 1 N–H and O–H groups in total. The second-order valence-corrected chi connectivity index (χ2v) is 5.20. The van der Waals surface area contributed by atoms with Gasteiger partial charge in [0.2, 0.25) is 0 Å². The molecule has 0 spiro atoms. The summed E-state index contributed by atoms with van der Waals surface area (Å²) in [5.41, 5.74) is 1.20. The Bertz CT molecular complexity index is 756. The van der Waals surface area contributed by atoms with Crippen LogP contribution in [-0.2, 0) is 12.8 Å². The predicted octanol–water partition coefficient (Wildman–Crippen LogP) is 2.04. The van der Waals surface area contributed by atoms with Crippen LogP contribution in [0, 0.1) is 22.7 Å². The van der Waals surface area contributed by atoms with Gasteiger partial charge in [-0.1, -0.05) is 42.1 Å². The predicted molar refractivity (Wildman–Crippen MR) is 79.8 cm³/mol. The summed E-state index contributed by atoms with van der Waals surface area (Å²) in [5.74, 6) is 0.201. The lowest BCUT2D eigenvalue weighted by Crippen LogP contribution is -2.17. The number of thioether (sulfide) groups is 1. The van der Waals surface area contributed by atoms with Crippen molar-refractivity contribution >= 4 is 11.8 Å². The Morgan fingerprint density at radius 3 is 2.62 bits per heavy atom. The minimum absolute atomic E-state index is 0.0484. The van der Waals surface area contributed by atoms with Crippen LogP contribution < -0.4 is 5.56 Å². The molecule has 0 aliphatic heterocycles. The average molecular weight is 296 g/mol. The van der Waals surface area contributed by atoms with Crippen molar-refractivity contribution in [3.05, 3.63) is 57.5 Å². The highest BCUT2D eigenvalue weighted by molar-refractivity contribution is 7.99. The average Bonchev–Trinajstić information content (AvgIpc) is 2.51. The molecule has 0 radical (unpaired) electrons. The van der Waals surface area contributed by atoms with E-state index in [0.717, 1.165) is 17.3 Å². The Balaban J connectivity index is 2.24. The van der Waals surface area contributed by atoms with Crippen LogP contribution >= 0.6 is 11.8 Å². The molecule has 0 bridgehead atoms. The van der Waals surface area contributed by atoms with Crippen molar-refractivity contribution in [1.29, 1.82) is 10.5 Å². The van der Waals surface area contributed by atoms with Gasteiger partial charge in [-0.2, -0.15) is 10.5 Å². The van der Waals surface area contributed by atoms with Crippen LogP contribution in [0.4, 0.5) is 0 Å². The third-order valence-corrected chi connectivity index (χ3v) is 3.59. The standard InChI is InChI=1S/C15H12N4OS/c16-8-9-21-15-18-13(12(10-17)14(20)19-15)7-6-11-4-2-1-3-5-11/h1-5H,6-7,9H2,(H,18,19,20). The van der Waals surface area contributed by atoms with Gasteiger partial charge >= 0.3 is 0 Å². The summed E-state index contributed by atoms with van der Waals surface area (Å²) in [6.45, 7) is 0. The number of aryl methyl sites for hydroxylation is 2. The van der Waals surface area contributed by atoms with Gasteiger partial charge in [-0.15, -0.1) is 0 Å². The summed E-state index contributed by atoms with van der Waals surface area (Å²) in [6, 6.07) is 13.7. The van der Waals surface area contributed by atoms with E-state index < -0.39 is 5.56 Å². The smallest absolute Gasteiger partial charge is 0.269 e. The molecular formula is C15H12N4OS. The number of nitrogens with zero attached hydrogens (tertiary/aromatic N) is 3. The van der Waals surface area contributed by atoms with Gasteiger partial charge in [-0.3, -0.25) is 4.79 Å². The molecule has 0 amide bonds. The van der Waals surface area contributed by atoms with Crippen molar-refractivity contribution < 1.29 is 0 Å². The topological polar surface area (TPSA) is 93.3 Å². The lowest BCUT2D eigenvalue weighted by Gasteiger charge is -2.05. The largest absolute Gasteiger partial charge is 0.300 e. The van der Waals surface area contributed by atoms with Crippen molar-refractivity contribution in [2.24, 2.45) is 0 Å². The molecule has 2 aromatic rings. The first-order valence-electron chi connectivity index (χ1n) is 6.31. The molecule has 0 saturated heterocycles. The van der Waals surface area contributed by atoms with E-state index in [9.17, 15) is 4.79 Å². The van der Waals surface area contributed by atoms with Gasteiger partial charge in [-0.25, -0.2) is 4.98 Å². The summed E-state index contributed by atoms with van der Waals surface area (Å²) in [6.07, 6.45) is 1.21. The number of H-pyrrole nitrogens is 1. The molecule has 0 unspecified atom stereocenters. The minimum atomic E-state index is -0.448. The van der Waals surface area contributed by atoms with Gasteiger partial charge in [-0.05, 0) is 18.4 Å². The fourth-order valence-corrected chi connectivity index (χ4v) is 2.41. The molecule has 21 heavy (non-hydrogen) atoms. The Hall–Kier alpha value is -2.57. The maximum absolute atomic E-state index is 11.9. The first-order valence-corrected chi connectivity index (χ1v) is 7.30. The molecule has 0 atom stereocenters. The second-order valence-electron chi connectivity index (χ2n) is 4.24. The summed E-state index contributed by atoms with van der Waals surface area (Å²) >= 11 is 1.15. The second kappa shape index (κ2) is 7.28. The van der Waals surface area contributed by atoms with Crippen molar-refractivity contribution in [3.63, 3.8) is 0 Å². The summed E-state index contributed by atoms with van der Waals surface area (Å²) in [5, 5.41) is 18.0. The van der Waals surface area contributed by atoms with Gasteiger partial charge in [0.15, 0.2) is 5.16 Å². The van der Waals surface area contributed by atoms with E-state index in [1.807, 2.05) is 42.5 Å². The van der Waals surface area contributed by atoms with Gasteiger partial charge in [0.05, 0.1) is 17.5 Å². The lowest BCUT2D eigenvalue weighted by atomic mass is 10.1. The van der Waals surface area contributed by atoms with Crippen LogP contribution in [0.3, 0.4) is 0 Å². The summed E-state index contributed by atoms with van der Waals surface area (Å²) < 4.78 is 0. The van der Waals surface area contributed by atoms with Gasteiger partial charge < -0.3 is 4.98 Å². The molecule has 0 fully saturated rings. The highest BCUT2D eigenvalue weighted by Gasteiger charge is 2.11. The molecule has 104 valence electrons. The monoisotopic (exact) mass is 296 g/mol. The van der Waals surface area contributed by atoms with Crippen LogP contribution in [-0.4, -0.2) is 15.7 Å². The highest BCUT2D eigenvalue weighted by Crippen LogP contribution is 2.13.